The molecule has 0 bridgehead atoms. The summed E-state index contributed by atoms with van der Waals surface area (Å²) in [6.07, 6.45) is 0.362. The standard InChI is InChI=1S/C13H19N5O5/c1-3-12(13(21,22-2)9(20)7(4-19)23-12)18-6-17-8-10(14)15-5-16-11(8)18/h5-7,9,19-21H,3-4H2,1-2H3,(H2,14,15,16)/t7-,9-,12-,13+/m1/s1. The molecule has 0 unspecified atom stereocenters. The van der Waals surface area contributed by atoms with Crippen LogP contribution in [0.2, 0.25) is 0 Å². The van der Waals surface area contributed by atoms with Gasteiger partial charge in [0.1, 0.15) is 24.1 Å². The number of ether oxygens (including phenoxy) is 2. The summed E-state index contributed by atoms with van der Waals surface area (Å²) >= 11 is 0. The Bertz CT molecular complexity index is 724. The van der Waals surface area contributed by atoms with Crippen molar-refractivity contribution in [3.05, 3.63) is 12.7 Å². The normalized spacial score (nSPS) is 34.3. The summed E-state index contributed by atoms with van der Waals surface area (Å²) in [5, 5.41) is 30.7. The second-order valence-corrected chi connectivity index (χ2v) is 5.37. The number of aliphatic hydroxyl groups excluding tert-OH is 2. The molecular weight excluding hydrogens is 306 g/mol. The van der Waals surface area contributed by atoms with E-state index in [1.807, 2.05) is 0 Å². The van der Waals surface area contributed by atoms with Gasteiger partial charge in [0.25, 0.3) is 0 Å². The highest BCUT2D eigenvalue weighted by Gasteiger charge is 2.66. The minimum atomic E-state index is -2.11. The van der Waals surface area contributed by atoms with Crippen molar-refractivity contribution in [1.29, 1.82) is 0 Å². The van der Waals surface area contributed by atoms with Gasteiger partial charge in [-0.2, -0.15) is 0 Å². The predicted octanol–water partition coefficient (Wildman–Crippen LogP) is -1.44. The third-order valence-electron chi connectivity index (χ3n) is 4.38. The first-order valence-corrected chi connectivity index (χ1v) is 7.13. The van der Waals surface area contributed by atoms with Crippen molar-refractivity contribution in [1.82, 2.24) is 19.5 Å². The van der Waals surface area contributed by atoms with Crippen molar-refractivity contribution in [2.45, 2.75) is 37.1 Å². The van der Waals surface area contributed by atoms with Crippen LogP contribution in [0.15, 0.2) is 12.7 Å². The fourth-order valence-electron chi connectivity index (χ4n) is 3.15. The predicted molar refractivity (Wildman–Crippen MR) is 77.9 cm³/mol. The lowest BCUT2D eigenvalue weighted by Crippen LogP contribution is -2.58. The van der Waals surface area contributed by atoms with E-state index in [-0.39, 0.29) is 12.2 Å². The highest BCUT2D eigenvalue weighted by atomic mass is 16.7. The second-order valence-electron chi connectivity index (χ2n) is 5.37. The zero-order valence-electron chi connectivity index (χ0n) is 12.7. The summed E-state index contributed by atoms with van der Waals surface area (Å²) in [5.74, 6) is -1.93. The molecule has 0 saturated carbocycles. The lowest BCUT2D eigenvalue weighted by molar-refractivity contribution is -0.313. The number of nitrogens with zero attached hydrogens (tertiary/aromatic N) is 4. The van der Waals surface area contributed by atoms with Gasteiger partial charge in [0, 0.05) is 7.11 Å². The van der Waals surface area contributed by atoms with Gasteiger partial charge < -0.3 is 30.5 Å². The van der Waals surface area contributed by atoms with Crippen LogP contribution in [-0.4, -0.2) is 66.6 Å². The van der Waals surface area contributed by atoms with Crippen molar-refractivity contribution < 1.29 is 24.8 Å². The van der Waals surface area contributed by atoms with Crippen LogP contribution in [0.3, 0.4) is 0 Å². The maximum absolute atomic E-state index is 10.9. The van der Waals surface area contributed by atoms with E-state index in [2.05, 4.69) is 15.0 Å². The van der Waals surface area contributed by atoms with E-state index >= 15 is 0 Å². The maximum atomic E-state index is 10.9. The summed E-state index contributed by atoms with van der Waals surface area (Å²) in [4.78, 5) is 12.2. The Balaban J connectivity index is 2.26. The van der Waals surface area contributed by atoms with E-state index in [0.717, 1.165) is 0 Å². The molecule has 10 heteroatoms. The maximum Gasteiger partial charge on any atom is 0.244 e. The number of nitrogens with two attached hydrogens (primary N) is 1. The molecule has 10 nitrogen and oxygen atoms in total. The first-order chi connectivity index (χ1) is 10.9. The Morgan fingerprint density at radius 2 is 2.17 bits per heavy atom. The van der Waals surface area contributed by atoms with E-state index in [1.54, 1.807) is 6.92 Å². The molecule has 23 heavy (non-hydrogen) atoms. The molecule has 2 aromatic rings. The van der Waals surface area contributed by atoms with Crippen LogP contribution in [0.25, 0.3) is 11.2 Å². The summed E-state index contributed by atoms with van der Waals surface area (Å²) in [5.41, 5.74) is 4.90. The van der Waals surface area contributed by atoms with Crippen molar-refractivity contribution >= 4 is 17.0 Å². The molecule has 1 saturated heterocycles. The van der Waals surface area contributed by atoms with E-state index in [0.29, 0.717) is 11.2 Å². The quantitative estimate of drug-likeness (QED) is 0.496. The highest BCUT2D eigenvalue weighted by Crippen LogP contribution is 2.47. The molecular formula is C13H19N5O5. The van der Waals surface area contributed by atoms with Gasteiger partial charge in [0.15, 0.2) is 11.5 Å². The van der Waals surface area contributed by atoms with Gasteiger partial charge in [0.2, 0.25) is 11.5 Å². The Kier molecular flexibility index (Phi) is 3.73. The Labute approximate surface area is 131 Å². The topological polar surface area (TPSA) is 149 Å². The minimum absolute atomic E-state index is 0.179. The monoisotopic (exact) mass is 325 g/mol. The van der Waals surface area contributed by atoms with Crippen LogP contribution >= 0.6 is 0 Å². The van der Waals surface area contributed by atoms with Gasteiger partial charge in [0.05, 0.1) is 12.9 Å². The highest BCUT2D eigenvalue weighted by molar-refractivity contribution is 5.81. The summed E-state index contributed by atoms with van der Waals surface area (Å²) in [6, 6.07) is 0. The van der Waals surface area contributed by atoms with Crippen molar-refractivity contribution in [2.75, 3.05) is 19.5 Å². The molecule has 0 aliphatic carbocycles. The molecule has 4 atom stereocenters. The molecule has 1 aliphatic rings. The van der Waals surface area contributed by atoms with E-state index in [4.69, 9.17) is 15.2 Å². The number of aromatic nitrogens is 4. The van der Waals surface area contributed by atoms with Gasteiger partial charge in [-0.25, -0.2) is 15.0 Å². The van der Waals surface area contributed by atoms with E-state index < -0.39 is 30.3 Å². The number of rotatable bonds is 4. The van der Waals surface area contributed by atoms with Gasteiger partial charge in [-0.05, 0) is 6.42 Å². The molecule has 3 heterocycles. The zero-order chi connectivity index (χ0) is 16.8. The third-order valence-corrected chi connectivity index (χ3v) is 4.38. The van der Waals surface area contributed by atoms with Crippen molar-refractivity contribution in [3.8, 4) is 0 Å². The largest absolute Gasteiger partial charge is 0.394 e. The van der Waals surface area contributed by atoms with Crippen molar-refractivity contribution in [2.24, 2.45) is 0 Å². The number of imidazole rings is 1. The molecule has 126 valence electrons. The molecule has 0 amide bonds. The number of fused-ring (bicyclic) bond motifs is 1. The first-order valence-electron chi connectivity index (χ1n) is 7.13. The zero-order valence-corrected chi connectivity index (χ0v) is 12.7. The number of aliphatic hydroxyl groups is 3. The number of anilines is 1. The number of hydrogen-bond acceptors (Lipinski definition) is 9. The van der Waals surface area contributed by atoms with Crippen LogP contribution in [0.5, 0.6) is 0 Å². The fourth-order valence-corrected chi connectivity index (χ4v) is 3.15. The summed E-state index contributed by atoms with van der Waals surface area (Å²) in [7, 11) is 1.25. The fraction of sp³-hybridized carbons (Fsp3) is 0.615. The van der Waals surface area contributed by atoms with Crippen LogP contribution in [0.4, 0.5) is 5.82 Å². The smallest absolute Gasteiger partial charge is 0.244 e. The molecule has 5 N–H and O–H groups in total. The summed E-state index contributed by atoms with van der Waals surface area (Å²) < 4.78 is 12.5. The van der Waals surface area contributed by atoms with Crippen LogP contribution in [0.1, 0.15) is 13.3 Å². The molecule has 0 aromatic carbocycles. The van der Waals surface area contributed by atoms with Crippen LogP contribution in [-0.2, 0) is 15.2 Å². The van der Waals surface area contributed by atoms with Gasteiger partial charge in [-0.1, -0.05) is 6.92 Å². The average Bonchev–Trinajstić information content (AvgIpc) is 3.09. The van der Waals surface area contributed by atoms with Crippen LogP contribution < -0.4 is 5.73 Å². The molecule has 0 spiro atoms. The van der Waals surface area contributed by atoms with Gasteiger partial charge >= 0.3 is 0 Å². The number of hydrogen-bond donors (Lipinski definition) is 4. The van der Waals surface area contributed by atoms with Crippen LogP contribution in [0, 0.1) is 0 Å². The second kappa shape index (κ2) is 5.35. The molecule has 0 radical (unpaired) electrons. The Morgan fingerprint density at radius 3 is 2.78 bits per heavy atom. The van der Waals surface area contributed by atoms with E-state index in [1.165, 1.54) is 24.3 Å². The van der Waals surface area contributed by atoms with Gasteiger partial charge in [-0.15, -0.1) is 0 Å². The molecule has 2 aromatic heterocycles. The number of methoxy groups -OCH3 is 1. The van der Waals surface area contributed by atoms with Crippen molar-refractivity contribution in [3.63, 3.8) is 0 Å². The lowest BCUT2D eigenvalue weighted by atomic mass is 9.95. The Hall–Kier alpha value is -1.85. The molecule has 3 rings (SSSR count). The lowest BCUT2D eigenvalue weighted by Gasteiger charge is -2.40. The molecule has 1 aliphatic heterocycles. The summed E-state index contributed by atoms with van der Waals surface area (Å²) in [6.45, 7) is 1.26. The molecule has 1 fully saturated rings. The first kappa shape index (κ1) is 16.0. The minimum Gasteiger partial charge on any atom is -0.394 e. The SMILES string of the molecule is CC[C@@]1(n2cnc3c(N)ncnc32)O[C@H](CO)[C@@H](O)[C@]1(O)OC. The van der Waals surface area contributed by atoms with E-state index in [9.17, 15) is 15.3 Å². The van der Waals surface area contributed by atoms with Gasteiger partial charge in [-0.3, -0.25) is 4.57 Å². The Morgan fingerprint density at radius 1 is 1.43 bits per heavy atom. The average molecular weight is 325 g/mol. The number of nitrogen functional groups attached to an aromatic ring is 1. The third kappa shape index (κ3) is 1.90.